The number of benzene rings is 2. The Morgan fingerprint density at radius 3 is 2.28 bits per heavy atom. The fourth-order valence-electron chi connectivity index (χ4n) is 5.10. The van der Waals surface area contributed by atoms with Gasteiger partial charge in [0.1, 0.15) is 0 Å². The van der Waals surface area contributed by atoms with Crippen molar-refractivity contribution >= 4 is 11.7 Å². The predicted molar refractivity (Wildman–Crippen MR) is 128 cm³/mol. The van der Waals surface area contributed by atoms with Gasteiger partial charge in [0.15, 0.2) is 6.04 Å². The Bertz CT molecular complexity index is 846. The summed E-state index contributed by atoms with van der Waals surface area (Å²) < 4.78 is 12.0. The van der Waals surface area contributed by atoms with Gasteiger partial charge in [0.05, 0.1) is 17.9 Å². The minimum absolute atomic E-state index is 0.0694. The Kier molecular flexibility index (Phi) is 7.75. The van der Waals surface area contributed by atoms with Crippen LogP contribution in [0, 0.1) is 5.92 Å². The van der Waals surface area contributed by atoms with Gasteiger partial charge in [-0.3, -0.25) is 4.99 Å². The predicted octanol–water partition coefficient (Wildman–Crippen LogP) is 5.98. The van der Waals surface area contributed by atoms with E-state index in [1.54, 1.807) is 0 Å². The highest BCUT2D eigenvalue weighted by atomic mass is 16.5. The summed E-state index contributed by atoms with van der Waals surface area (Å²) in [5, 5.41) is 0. The average molecular weight is 434 g/mol. The first-order valence-electron chi connectivity index (χ1n) is 12.2. The number of carbonyl (C=O) groups is 1. The van der Waals surface area contributed by atoms with Crippen LogP contribution in [-0.4, -0.2) is 36.5 Å². The maximum absolute atomic E-state index is 13.3. The van der Waals surface area contributed by atoms with E-state index in [-0.39, 0.29) is 17.5 Å². The summed E-state index contributed by atoms with van der Waals surface area (Å²) in [4.78, 5) is 18.5. The van der Waals surface area contributed by atoms with E-state index in [0.29, 0.717) is 13.2 Å². The van der Waals surface area contributed by atoms with Gasteiger partial charge in [-0.15, -0.1) is 0 Å². The van der Waals surface area contributed by atoms with Crippen LogP contribution in [0.5, 0.6) is 0 Å². The highest BCUT2D eigenvalue weighted by Gasteiger charge is 2.44. The molecule has 2 aromatic carbocycles. The van der Waals surface area contributed by atoms with Crippen molar-refractivity contribution in [2.24, 2.45) is 10.9 Å². The minimum Gasteiger partial charge on any atom is -0.464 e. The lowest BCUT2D eigenvalue weighted by Gasteiger charge is -2.40. The summed E-state index contributed by atoms with van der Waals surface area (Å²) in [7, 11) is 0. The lowest BCUT2D eigenvalue weighted by Crippen LogP contribution is -2.43. The van der Waals surface area contributed by atoms with E-state index in [1.807, 2.05) is 36.4 Å². The second-order valence-corrected chi connectivity index (χ2v) is 9.17. The molecule has 170 valence electrons. The molecule has 4 heteroatoms. The number of nitrogens with zero attached hydrogens (tertiary/aromatic N) is 1. The van der Waals surface area contributed by atoms with Crippen molar-refractivity contribution in [2.45, 2.75) is 69.9 Å². The number of unbranched alkanes of at least 4 members (excludes halogenated alkanes) is 1. The van der Waals surface area contributed by atoms with Crippen molar-refractivity contribution in [1.29, 1.82) is 0 Å². The maximum atomic E-state index is 13.3. The Balaban J connectivity index is 1.70. The van der Waals surface area contributed by atoms with Crippen LogP contribution in [0.1, 0.15) is 69.4 Å². The summed E-state index contributed by atoms with van der Waals surface area (Å²) in [6.45, 7) is 3.27. The molecule has 0 radical (unpaired) electrons. The van der Waals surface area contributed by atoms with E-state index in [0.717, 1.165) is 55.4 Å². The number of aliphatic imine (C=N–C) groups is 1. The van der Waals surface area contributed by atoms with Crippen LogP contribution < -0.4 is 0 Å². The molecule has 1 saturated carbocycles. The minimum atomic E-state index is -0.511. The summed E-state index contributed by atoms with van der Waals surface area (Å²) >= 11 is 0. The van der Waals surface area contributed by atoms with E-state index in [2.05, 4.69) is 31.2 Å². The molecule has 2 atom stereocenters. The van der Waals surface area contributed by atoms with Gasteiger partial charge in [-0.25, -0.2) is 4.79 Å². The molecule has 32 heavy (non-hydrogen) atoms. The van der Waals surface area contributed by atoms with Gasteiger partial charge < -0.3 is 9.47 Å². The molecule has 1 spiro atoms. The molecule has 2 fully saturated rings. The zero-order valence-electron chi connectivity index (χ0n) is 19.2. The van der Waals surface area contributed by atoms with Crippen LogP contribution in [0.25, 0.3) is 0 Å². The van der Waals surface area contributed by atoms with Crippen molar-refractivity contribution in [3.8, 4) is 0 Å². The lowest BCUT2D eigenvalue weighted by atomic mass is 9.80. The van der Waals surface area contributed by atoms with Crippen LogP contribution >= 0.6 is 0 Å². The normalized spacial score (nSPS) is 20.6. The van der Waals surface area contributed by atoms with Gasteiger partial charge in [0, 0.05) is 17.7 Å². The van der Waals surface area contributed by atoms with E-state index in [4.69, 9.17) is 14.5 Å². The molecule has 4 nitrogen and oxygen atoms in total. The lowest BCUT2D eigenvalue weighted by molar-refractivity contribution is -0.150. The summed E-state index contributed by atoms with van der Waals surface area (Å²) in [5.74, 6) is -0.0544. The first-order chi connectivity index (χ1) is 15.7. The molecule has 0 bridgehead atoms. The molecule has 0 amide bonds. The zero-order valence-corrected chi connectivity index (χ0v) is 19.2. The maximum Gasteiger partial charge on any atom is 0.331 e. The van der Waals surface area contributed by atoms with Crippen LogP contribution in [-0.2, 0) is 14.3 Å². The van der Waals surface area contributed by atoms with E-state index < -0.39 is 6.04 Å². The topological polar surface area (TPSA) is 47.9 Å². The van der Waals surface area contributed by atoms with Gasteiger partial charge in [0.2, 0.25) is 0 Å². The number of esters is 1. The number of carbonyl (C=O) groups excluding carboxylic acids is 1. The molecule has 2 aliphatic rings. The van der Waals surface area contributed by atoms with Crippen molar-refractivity contribution < 1.29 is 14.3 Å². The first-order valence-corrected chi connectivity index (χ1v) is 12.2. The Hall–Kier alpha value is -2.46. The van der Waals surface area contributed by atoms with Gasteiger partial charge in [0.25, 0.3) is 0 Å². The second-order valence-electron chi connectivity index (χ2n) is 9.17. The third kappa shape index (κ3) is 5.47. The van der Waals surface area contributed by atoms with E-state index >= 15 is 0 Å². The second kappa shape index (κ2) is 10.9. The van der Waals surface area contributed by atoms with Crippen LogP contribution in [0.3, 0.4) is 0 Å². The molecule has 1 aliphatic heterocycles. The van der Waals surface area contributed by atoms with Crippen molar-refractivity contribution in [3.05, 3.63) is 71.8 Å². The molecule has 1 heterocycles. The molecule has 1 saturated heterocycles. The molecule has 1 aliphatic carbocycles. The molecular weight excluding hydrogens is 398 g/mol. The summed E-state index contributed by atoms with van der Waals surface area (Å²) in [5.41, 5.74) is 2.83. The van der Waals surface area contributed by atoms with Crippen LogP contribution in [0.4, 0.5) is 0 Å². The fraction of sp³-hybridized carbons (Fsp3) is 0.500. The Morgan fingerprint density at radius 1 is 1.06 bits per heavy atom. The number of hydrogen-bond donors (Lipinski definition) is 0. The van der Waals surface area contributed by atoms with E-state index in [9.17, 15) is 4.79 Å². The number of rotatable bonds is 8. The first kappa shape index (κ1) is 22.7. The standard InChI is InChI=1S/C28H35NO3/c1-2-3-19-31-27(30)26(24-16-20-32-28(21-24)17-10-11-18-28)29-25(22-12-6-4-7-13-22)23-14-8-5-9-15-23/h4-9,12-15,24,26H,2-3,10-11,16-21H2,1H3. The molecule has 2 aromatic rings. The van der Waals surface area contributed by atoms with Gasteiger partial charge in [-0.1, -0.05) is 86.8 Å². The third-order valence-electron chi connectivity index (χ3n) is 6.84. The average Bonchev–Trinajstić information content (AvgIpc) is 3.28. The molecule has 0 N–H and O–H groups in total. The third-order valence-corrected chi connectivity index (χ3v) is 6.84. The largest absolute Gasteiger partial charge is 0.464 e. The van der Waals surface area contributed by atoms with Crippen molar-refractivity contribution in [3.63, 3.8) is 0 Å². The zero-order chi connectivity index (χ0) is 22.2. The van der Waals surface area contributed by atoms with Gasteiger partial charge in [-0.05, 0) is 38.0 Å². The van der Waals surface area contributed by atoms with Gasteiger partial charge in [-0.2, -0.15) is 0 Å². The highest BCUT2D eigenvalue weighted by Crippen LogP contribution is 2.43. The highest BCUT2D eigenvalue weighted by molar-refractivity contribution is 6.13. The number of hydrogen-bond acceptors (Lipinski definition) is 4. The fourth-order valence-corrected chi connectivity index (χ4v) is 5.10. The van der Waals surface area contributed by atoms with Crippen molar-refractivity contribution in [1.82, 2.24) is 0 Å². The van der Waals surface area contributed by atoms with E-state index in [1.165, 1.54) is 12.8 Å². The molecule has 2 unspecified atom stereocenters. The van der Waals surface area contributed by atoms with Crippen LogP contribution in [0.15, 0.2) is 65.7 Å². The SMILES string of the molecule is CCCCOC(=O)C(N=C(c1ccccc1)c1ccccc1)C1CCOC2(CCCC2)C1. The number of ether oxygens (including phenoxy) is 2. The monoisotopic (exact) mass is 433 g/mol. The molecular formula is C28H35NO3. The Labute approximate surface area is 192 Å². The van der Waals surface area contributed by atoms with Crippen molar-refractivity contribution in [2.75, 3.05) is 13.2 Å². The molecule has 0 aromatic heterocycles. The Morgan fingerprint density at radius 2 is 1.69 bits per heavy atom. The van der Waals surface area contributed by atoms with Crippen LogP contribution in [0.2, 0.25) is 0 Å². The van der Waals surface area contributed by atoms with Gasteiger partial charge >= 0.3 is 5.97 Å². The molecule has 4 rings (SSSR count). The summed E-state index contributed by atoms with van der Waals surface area (Å²) in [6.07, 6.45) is 8.22. The smallest absolute Gasteiger partial charge is 0.331 e. The summed E-state index contributed by atoms with van der Waals surface area (Å²) in [6, 6.07) is 19.8. The quantitative estimate of drug-likeness (QED) is 0.292.